The number of benzene rings is 1. The minimum Gasteiger partial charge on any atom is -0.460 e. The summed E-state index contributed by atoms with van der Waals surface area (Å²) in [7, 11) is 0. The lowest BCUT2D eigenvalue weighted by atomic mass is 9.95. The van der Waals surface area contributed by atoms with Gasteiger partial charge in [-0.2, -0.15) is 0 Å². The van der Waals surface area contributed by atoms with Crippen molar-refractivity contribution in [1.29, 1.82) is 0 Å². The van der Waals surface area contributed by atoms with E-state index in [2.05, 4.69) is 10.2 Å². The predicted octanol–water partition coefficient (Wildman–Crippen LogP) is 3.55. The second-order valence-electron chi connectivity index (χ2n) is 6.76. The normalized spacial score (nSPS) is 20.2. The van der Waals surface area contributed by atoms with Crippen molar-refractivity contribution in [2.75, 3.05) is 32.8 Å². The SMILES string of the molecule is Clc1ccccc1-c1ccc(CNCC2(N3CCCC3)COC2)o1. The van der Waals surface area contributed by atoms with E-state index in [4.69, 9.17) is 20.8 Å². The maximum Gasteiger partial charge on any atom is 0.135 e. The molecule has 1 aromatic carbocycles. The first-order valence-corrected chi connectivity index (χ1v) is 9.02. The summed E-state index contributed by atoms with van der Waals surface area (Å²) >= 11 is 6.24. The van der Waals surface area contributed by atoms with E-state index in [1.807, 2.05) is 36.4 Å². The van der Waals surface area contributed by atoms with E-state index >= 15 is 0 Å². The second kappa shape index (κ2) is 6.89. The molecule has 0 aliphatic carbocycles. The van der Waals surface area contributed by atoms with Crippen LogP contribution in [0.5, 0.6) is 0 Å². The molecule has 2 fully saturated rings. The molecule has 0 radical (unpaired) electrons. The maximum absolute atomic E-state index is 6.24. The van der Waals surface area contributed by atoms with Crippen molar-refractivity contribution in [3.05, 3.63) is 47.2 Å². The number of likely N-dealkylation sites (tertiary alicyclic amines) is 1. The van der Waals surface area contributed by atoms with Gasteiger partial charge in [-0.1, -0.05) is 23.7 Å². The summed E-state index contributed by atoms with van der Waals surface area (Å²) in [5.41, 5.74) is 1.13. The molecule has 2 saturated heterocycles. The van der Waals surface area contributed by atoms with Crippen LogP contribution in [0.4, 0.5) is 0 Å². The molecule has 1 N–H and O–H groups in total. The number of hydrogen-bond acceptors (Lipinski definition) is 4. The average molecular weight is 347 g/mol. The number of hydrogen-bond donors (Lipinski definition) is 1. The van der Waals surface area contributed by atoms with Crippen LogP contribution in [0.2, 0.25) is 5.02 Å². The molecule has 0 amide bonds. The number of ether oxygens (including phenoxy) is 1. The first-order chi connectivity index (χ1) is 11.8. The molecule has 3 heterocycles. The zero-order chi connectivity index (χ0) is 16.4. The fourth-order valence-corrected chi connectivity index (χ4v) is 3.85. The van der Waals surface area contributed by atoms with Crippen LogP contribution in [0.1, 0.15) is 18.6 Å². The Morgan fingerprint density at radius 2 is 1.88 bits per heavy atom. The van der Waals surface area contributed by atoms with Gasteiger partial charge < -0.3 is 14.5 Å². The second-order valence-corrected chi connectivity index (χ2v) is 7.17. The molecule has 2 aromatic rings. The van der Waals surface area contributed by atoms with Gasteiger partial charge in [-0.15, -0.1) is 0 Å². The van der Waals surface area contributed by atoms with Crippen molar-refractivity contribution in [2.45, 2.75) is 24.9 Å². The van der Waals surface area contributed by atoms with Gasteiger partial charge >= 0.3 is 0 Å². The molecule has 24 heavy (non-hydrogen) atoms. The van der Waals surface area contributed by atoms with Crippen LogP contribution in [0.15, 0.2) is 40.8 Å². The number of halogens is 1. The van der Waals surface area contributed by atoms with Crippen LogP contribution in [-0.2, 0) is 11.3 Å². The lowest BCUT2D eigenvalue weighted by Crippen LogP contribution is -2.66. The van der Waals surface area contributed by atoms with Crippen molar-refractivity contribution in [3.63, 3.8) is 0 Å². The van der Waals surface area contributed by atoms with E-state index in [1.54, 1.807) is 0 Å². The summed E-state index contributed by atoms with van der Waals surface area (Å²) in [6.45, 7) is 5.73. The largest absolute Gasteiger partial charge is 0.460 e. The maximum atomic E-state index is 6.24. The molecule has 128 valence electrons. The Balaban J connectivity index is 1.36. The number of nitrogens with one attached hydrogen (secondary N) is 1. The van der Waals surface area contributed by atoms with Gasteiger partial charge in [0.2, 0.25) is 0 Å². The molecule has 0 unspecified atom stereocenters. The van der Waals surface area contributed by atoms with Crippen LogP contribution in [0.3, 0.4) is 0 Å². The predicted molar refractivity (Wildman–Crippen MR) is 95.2 cm³/mol. The summed E-state index contributed by atoms with van der Waals surface area (Å²) in [5.74, 6) is 1.75. The summed E-state index contributed by atoms with van der Waals surface area (Å²) in [5, 5.41) is 4.27. The van der Waals surface area contributed by atoms with Gasteiger partial charge in [0.15, 0.2) is 0 Å². The van der Waals surface area contributed by atoms with Crippen LogP contribution < -0.4 is 5.32 Å². The molecule has 0 spiro atoms. The molecule has 4 nitrogen and oxygen atoms in total. The highest BCUT2D eigenvalue weighted by Gasteiger charge is 2.44. The van der Waals surface area contributed by atoms with Crippen LogP contribution in [0.25, 0.3) is 11.3 Å². The highest BCUT2D eigenvalue weighted by Crippen LogP contribution is 2.30. The minimum absolute atomic E-state index is 0.189. The van der Waals surface area contributed by atoms with E-state index in [0.29, 0.717) is 5.02 Å². The molecule has 0 atom stereocenters. The van der Waals surface area contributed by atoms with Crippen LogP contribution >= 0.6 is 11.6 Å². The first-order valence-electron chi connectivity index (χ1n) is 8.64. The molecule has 2 aliphatic heterocycles. The van der Waals surface area contributed by atoms with Gasteiger partial charge in [0.25, 0.3) is 0 Å². The third-order valence-electron chi connectivity index (χ3n) is 5.07. The zero-order valence-corrected chi connectivity index (χ0v) is 14.5. The Labute approximate surface area is 147 Å². The molecule has 1 aromatic heterocycles. The van der Waals surface area contributed by atoms with Gasteiger partial charge in [0, 0.05) is 12.1 Å². The monoisotopic (exact) mass is 346 g/mol. The fraction of sp³-hybridized carbons (Fsp3) is 0.474. The number of rotatable bonds is 6. The molecule has 4 rings (SSSR count). The van der Waals surface area contributed by atoms with E-state index in [1.165, 1.54) is 25.9 Å². The molecule has 5 heteroatoms. The number of nitrogens with zero attached hydrogens (tertiary/aromatic N) is 1. The number of furan rings is 1. The summed E-state index contributed by atoms with van der Waals surface area (Å²) in [4.78, 5) is 2.58. The Hall–Kier alpha value is -1.33. The molecular weight excluding hydrogens is 324 g/mol. The van der Waals surface area contributed by atoms with Gasteiger partial charge in [0.05, 0.1) is 30.3 Å². The van der Waals surface area contributed by atoms with Gasteiger partial charge in [-0.3, -0.25) is 4.90 Å². The summed E-state index contributed by atoms with van der Waals surface area (Å²) in [6.07, 6.45) is 2.61. The van der Waals surface area contributed by atoms with E-state index in [-0.39, 0.29) is 5.54 Å². The van der Waals surface area contributed by atoms with Crippen LogP contribution in [-0.4, -0.2) is 43.3 Å². The Morgan fingerprint density at radius 1 is 1.08 bits per heavy atom. The molecule has 0 bridgehead atoms. The third kappa shape index (κ3) is 3.11. The van der Waals surface area contributed by atoms with E-state index in [0.717, 1.165) is 43.4 Å². The van der Waals surface area contributed by atoms with Gasteiger partial charge in [-0.25, -0.2) is 0 Å². The van der Waals surface area contributed by atoms with Gasteiger partial charge in [-0.05, 0) is 50.2 Å². The molecular formula is C19H23ClN2O2. The van der Waals surface area contributed by atoms with E-state index < -0.39 is 0 Å². The fourth-order valence-electron chi connectivity index (χ4n) is 3.62. The Morgan fingerprint density at radius 3 is 2.58 bits per heavy atom. The van der Waals surface area contributed by atoms with Crippen molar-refractivity contribution in [1.82, 2.24) is 10.2 Å². The standard InChI is InChI=1S/C19H23ClN2O2/c20-17-6-2-1-5-16(17)18-8-7-15(24-18)11-21-12-19(13-23-14-19)22-9-3-4-10-22/h1-2,5-8,21H,3-4,9-14H2. The molecule has 2 aliphatic rings. The van der Waals surface area contributed by atoms with Crippen LogP contribution in [0, 0.1) is 0 Å². The van der Waals surface area contributed by atoms with Crippen molar-refractivity contribution < 1.29 is 9.15 Å². The highest BCUT2D eigenvalue weighted by molar-refractivity contribution is 6.33. The van der Waals surface area contributed by atoms with Crippen molar-refractivity contribution >= 4 is 11.6 Å². The first kappa shape index (κ1) is 16.2. The Bertz CT molecular complexity index is 690. The topological polar surface area (TPSA) is 37.6 Å². The highest BCUT2D eigenvalue weighted by atomic mass is 35.5. The van der Waals surface area contributed by atoms with E-state index in [9.17, 15) is 0 Å². The third-order valence-corrected chi connectivity index (χ3v) is 5.40. The average Bonchev–Trinajstić information content (AvgIpc) is 3.22. The molecule has 0 saturated carbocycles. The van der Waals surface area contributed by atoms with Crippen molar-refractivity contribution in [3.8, 4) is 11.3 Å². The lowest BCUT2D eigenvalue weighted by molar-refractivity contribution is -0.132. The summed E-state index contributed by atoms with van der Waals surface area (Å²) in [6, 6.07) is 11.8. The quantitative estimate of drug-likeness (QED) is 0.868. The van der Waals surface area contributed by atoms with Crippen molar-refractivity contribution in [2.24, 2.45) is 0 Å². The van der Waals surface area contributed by atoms with Gasteiger partial charge in [0.1, 0.15) is 11.5 Å². The zero-order valence-electron chi connectivity index (χ0n) is 13.8. The minimum atomic E-state index is 0.189. The Kier molecular flexibility index (Phi) is 4.63. The summed E-state index contributed by atoms with van der Waals surface area (Å²) < 4.78 is 11.5. The smallest absolute Gasteiger partial charge is 0.135 e. The lowest BCUT2D eigenvalue weighted by Gasteiger charge is -2.48.